The van der Waals surface area contributed by atoms with E-state index in [1.54, 1.807) is 31.2 Å². The van der Waals surface area contributed by atoms with E-state index in [1.165, 1.54) is 6.08 Å². The number of fused-ring (bicyclic) bond motifs is 1. The standard InChI is InChI=1S/C28H29N7O3/c1-4-26(37)31-21-10-7-9-20(14-21)28(29-15-19-8-5-6-11-23(19)33-28)34-24-12-13-25(32-27(24)38-3)30-22-16-35(17-22)18(2)36/h4-15,22,33-34H,1,16-17H2,2-3H3,(H,30,32)(H,31,37). The number of nitrogens with zero attached hydrogens (tertiary/aromatic N) is 3. The number of rotatable bonds is 8. The highest BCUT2D eigenvalue weighted by Crippen LogP contribution is 2.37. The summed E-state index contributed by atoms with van der Waals surface area (Å²) in [7, 11) is 1.56. The minimum absolute atomic E-state index is 0.0636. The predicted molar refractivity (Wildman–Crippen MR) is 149 cm³/mol. The van der Waals surface area contributed by atoms with Crippen LogP contribution in [0, 0.1) is 0 Å². The first-order valence-corrected chi connectivity index (χ1v) is 12.2. The molecule has 0 aliphatic carbocycles. The van der Waals surface area contributed by atoms with Crippen LogP contribution in [0.15, 0.2) is 78.3 Å². The predicted octanol–water partition coefficient (Wildman–Crippen LogP) is 3.62. The molecule has 1 saturated heterocycles. The third kappa shape index (κ3) is 5.01. The fourth-order valence-electron chi connectivity index (χ4n) is 4.42. The van der Waals surface area contributed by atoms with Gasteiger partial charge >= 0.3 is 0 Å². The Hall–Kier alpha value is -4.86. The van der Waals surface area contributed by atoms with E-state index >= 15 is 0 Å². The van der Waals surface area contributed by atoms with E-state index in [-0.39, 0.29) is 17.9 Å². The second kappa shape index (κ2) is 10.3. The van der Waals surface area contributed by atoms with Gasteiger partial charge in [0.2, 0.25) is 23.5 Å². The van der Waals surface area contributed by atoms with Crippen molar-refractivity contribution >= 4 is 40.9 Å². The van der Waals surface area contributed by atoms with Crippen LogP contribution < -0.4 is 26.0 Å². The molecular formula is C28H29N7O3. The lowest BCUT2D eigenvalue weighted by atomic mass is 10.0. The number of pyridine rings is 1. The maximum absolute atomic E-state index is 11.9. The van der Waals surface area contributed by atoms with E-state index in [2.05, 4.69) is 32.8 Å². The largest absolute Gasteiger partial charge is 0.479 e. The molecule has 10 nitrogen and oxygen atoms in total. The number of carbonyl (C=O) groups excluding carboxylic acids is 2. The molecule has 0 bridgehead atoms. The van der Waals surface area contributed by atoms with Crippen molar-refractivity contribution < 1.29 is 14.3 Å². The molecule has 194 valence electrons. The zero-order valence-electron chi connectivity index (χ0n) is 21.2. The highest BCUT2D eigenvalue weighted by Gasteiger charge is 2.36. The topological polar surface area (TPSA) is 120 Å². The number of methoxy groups -OCH3 is 1. The van der Waals surface area contributed by atoms with Gasteiger partial charge in [0.15, 0.2) is 0 Å². The van der Waals surface area contributed by atoms with Crippen LogP contribution >= 0.6 is 0 Å². The third-order valence-electron chi connectivity index (χ3n) is 6.45. The molecule has 3 aromatic rings. The average Bonchev–Trinajstić information content (AvgIpc) is 2.91. The molecule has 3 heterocycles. The summed E-state index contributed by atoms with van der Waals surface area (Å²) in [5, 5.41) is 13.2. The average molecular weight is 512 g/mol. The van der Waals surface area contributed by atoms with Crippen LogP contribution in [0.2, 0.25) is 0 Å². The summed E-state index contributed by atoms with van der Waals surface area (Å²) in [5.41, 5.74) is 3.82. The Bertz CT molecular complexity index is 1420. The Morgan fingerprint density at radius 3 is 2.74 bits per heavy atom. The molecule has 2 aliphatic rings. The van der Waals surface area contributed by atoms with Crippen molar-refractivity contribution in [1.82, 2.24) is 9.88 Å². The van der Waals surface area contributed by atoms with Gasteiger partial charge in [-0.3, -0.25) is 9.59 Å². The van der Waals surface area contributed by atoms with Gasteiger partial charge in [0, 0.05) is 48.7 Å². The van der Waals surface area contributed by atoms with Gasteiger partial charge in [-0.2, -0.15) is 4.98 Å². The van der Waals surface area contributed by atoms with Crippen LogP contribution in [0.25, 0.3) is 0 Å². The number of benzene rings is 2. The van der Waals surface area contributed by atoms with Crippen molar-refractivity contribution in [1.29, 1.82) is 0 Å². The van der Waals surface area contributed by atoms with Crippen molar-refractivity contribution in [3.8, 4) is 5.88 Å². The van der Waals surface area contributed by atoms with E-state index in [0.717, 1.165) is 16.8 Å². The van der Waals surface area contributed by atoms with Crippen LogP contribution in [0.5, 0.6) is 5.88 Å². The van der Waals surface area contributed by atoms with Crippen LogP contribution in [-0.2, 0) is 15.4 Å². The van der Waals surface area contributed by atoms with Gasteiger partial charge in [0.25, 0.3) is 0 Å². The molecule has 2 aromatic carbocycles. The fraction of sp³-hybridized carbons (Fsp3) is 0.214. The maximum Gasteiger partial charge on any atom is 0.247 e. The van der Waals surface area contributed by atoms with Gasteiger partial charge in [-0.05, 0) is 36.4 Å². The van der Waals surface area contributed by atoms with Crippen molar-refractivity contribution in [2.24, 2.45) is 4.99 Å². The molecule has 2 aliphatic heterocycles. The van der Waals surface area contributed by atoms with E-state index in [4.69, 9.17) is 9.73 Å². The van der Waals surface area contributed by atoms with Crippen molar-refractivity contribution in [3.63, 3.8) is 0 Å². The third-order valence-corrected chi connectivity index (χ3v) is 6.45. The number of carbonyl (C=O) groups is 2. The molecule has 0 saturated carbocycles. The maximum atomic E-state index is 11.9. The van der Waals surface area contributed by atoms with Crippen molar-refractivity contribution in [2.75, 3.05) is 41.5 Å². The summed E-state index contributed by atoms with van der Waals surface area (Å²) in [6.45, 7) is 6.37. The van der Waals surface area contributed by atoms with Gasteiger partial charge in [-0.15, -0.1) is 0 Å². The molecule has 1 unspecified atom stereocenters. The summed E-state index contributed by atoms with van der Waals surface area (Å²) in [5.74, 6) is -0.336. The highest BCUT2D eigenvalue weighted by atomic mass is 16.5. The van der Waals surface area contributed by atoms with Crippen LogP contribution in [-0.4, -0.2) is 54.2 Å². The molecule has 38 heavy (non-hydrogen) atoms. The first-order valence-electron chi connectivity index (χ1n) is 12.2. The van der Waals surface area contributed by atoms with Crippen molar-refractivity contribution in [3.05, 3.63) is 84.4 Å². The zero-order valence-corrected chi connectivity index (χ0v) is 21.2. The lowest BCUT2D eigenvalue weighted by molar-refractivity contribution is -0.132. The molecular weight excluding hydrogens is 482 g/mol. The molecule has 2 amide bonds. The Morgan fingerprint density at radius 2 is 1.97 bits per heavy atom. The molecule has 5 rings (SSSR count). The number of hydrogen-bond acceptors (Lipinski definition) is 8. The number of hydrogen-bond donors (Lipinski definition) is 4. The molecule has 4 N–H and O–H groups in total. The Labute approximate surface area is 220 Å². The van der Waals surface area contributed by atoms with Gasteiger partial charge in [-0.1, -0.05) is 36.9 Å². The van der Waals surface area contributed by atoms with Gasteiger partial charge in [0.05, 0.1) is 13.2 Å². The molecule has 10 heteroatoms. The first-order chi connectivity index (χ1) is 18.4. The fourth-order valence-corrected chi connectivity index (χ4v) is 4.42. The van der Waals surface area contributed by atoms with Crippen LogP contribution in [0.4, 0.5) is 22.9 Å². The van der Waals surface area contributed by atoms with E-state index in [0.29, 0.717) is 36.2 Å². The molecule has 0 radical (unpaired) electrons. The summed E-state index contributed by atoms with van der Waals surface area (Å²) in [6, 6.07) is 19.1. The lowest BCUT2D eigenvalue weighted by Crippen LogP contribution is -2.56. The van der Waals surface area contributed by atoms with Gasteiger partial charge in [-0.25, -0.2) is 4.99 Å². The smallest absolute Gasteiger partial charge is 0.247 e. The Morgan fingerprint density at radius 1 is 1.16 bits per heavy atom. The van der Waals surface area contributed by atoms with E-state index in [1.807, 2.05) is 54.6 Å². The van der Waals surface area contributed by atoms with Crippen molar-refractivity contribution in [2.45, 2.75) is 18.8 Å². The minimum atomic E-state index is -1.12. The molecule has 0 spiro atoms. The number of aromatic nitrogens is 1. The monoisotopic (exact) mass is 511 g/mol. The second-order valence-electron chi connectivity index (χ2n) is 9.10. The summed E-state index contributed by atoms with van der Waals surface area (Å²) in [6.07, 6.45) is 3.03. The van der Waals surface area contributed by atoms with E-state index < -0.39 is 5.79 Å². The Balaban J connectivity index is 1.46. The minimum Gasteiger partial charge on any atom is -0.479 e. The normalized spacial score (nSPS) is 17.9. The van der Waals surface area contributed by atoms with Crippen LogP contribution in [0.3, 0.4) is 0 Å². The number of aliphatic imine (C=N–C) groups is 1. The second-order valence-corrected chi connectivity index (χ2v) is 9.10. The SMILES string of the molecule is C=CC(=O)Nc1cccc(C2(Nc3ccc(NC4CN(C(C)=O)C4)nc3OC)N=Cc3ccccc3N2)c1. The first kappa shape index (κ1) is 24.8. The van der Waals surface area contributed by atoms with Gasteiger partial charge < -0.3 is 30.9 Å². The summed E-state index contributed by atoms with van der Waals surface area (Å²) in [4.78, 5) is 34.7. The molecule has 1 fully saturated rings. The van der Waals surface area contributed by atoms with E-state index in [9.17, 15) is 9.59 Å². The number of nitrogens with one attached hydrogen (secondary N) is 4. The highest BCUT2D eigenvalue weighted by molar-refractivity contribution is 5.99. The Kier molecular flexibility index (Phi) is 6.69. The summed E-state index contributed by atoms with van der Waals surface area (Å²) >= 11 is 0. The number of likely N-dealkylation sites (tertiary alicyclic amines) is 1. The summed E-state index contributed by atoms with van der Waals surface area (Å²) < 4.78 is 5.64. The number of anilines is 4. The van der Waals surface area contributed by atoms with Crippen LogP contribution in [0.1, 0.15) is 18.1 Å². The van der Waals surface area contributed by atoms with Gasteiger partial charge in [0.1, 0.15) is 11.5 Å². The number of amides is 2. The lowest BCUT2D eigenvalue weighted by Gasteiger charge is -2.39. The molecule has 1 aromatic heterocycles. The zero-order chi connectivity index (χ0) is 26.7. The quantitative estimate of drug-likeness (QED) is 0.341. The number of ether oxygens (including phenoxy) is 1. The molecule has 1 atom stereocenters. The number of para-hydroxylation sites is 1.